The number of halogens is 1. The Labute approximate surface area is 189 Å². The molecule has 0 saturated carbocycles. The van der Waals surface area contributed by atoms with E-state index in [1.165, 1.54) is 6.07 Å². The minimum absolute atomic E-state index is 0.0899. The van der Waals surface area contributed by atoms with Crippen LogP contribution >= 0.6 is 0 Å². The molecule has 0 atom stereocenters. The van der Waals surface area contributed by atoms with Crippen LogP contribution in [0.25, 0.3) is 0 Å². The second kappa shape index (κ2) is 8.82. The molecule has 0 spiro atoms. The van der Waals surface area contributed by atoms with Gasteiger partial charge in [0, 0.05) is 25.1 Å². The maximum Gasteiger partial charge on any atom is 0.262 e. The summed E-state index contributed by atoms with van der Waals surface area (Å²) < 4.78 is 31.2. The molecule has 2 heterocycles. The molecule has 0 bridgehead atoms. The van der Waals surface area contributed by atoms with Crippen LogP contribution in [0.15, 0.2) is 66.7 Å². The number of hydrogen-bond acceptors (Lipinski definition) is 5. The molecule has 5 rings (SSSR count). The average Bonchev–Trinajstić information content (AvgIpc) is 2.79. The maximum atomic E-state index is 14.4. The average molecular weight is 448 g/mol. The summed E-state index contributed by atoms with van der Waals surface area (Å²) >= 11 is 0. The summed E-state index contributed by atoms with van der Waals surface area (Å²) in [6.07, 6.45) is 0. The predicted octanol–water partition coefficient (Wildman–Crippen LogP) is 4.10. The molecule has 0 radical (unpaired) electrons. The molecule has 3 aromatic rings. The molecule has 1 fully saturated rings. The summed E-state index contributed by atoms with van der Waals surface area (Å²) in [5.74, 6) is 1.11. The molecule has 2 amide bonds. The van der Waals surface area contributed by atoms with Crippen LogP contribution in [0.4, 0.5) is 10.1 Å². The number of nitrogens with zero attached hydrogens (tertiary/aromatic N) is 1. The van der Waals surface area contributed by atoms with E-state index in [-0.39, 0.29) is 29.7 Å². The summed E-state index contributed by atoms with van der Waals surface area (Å²) in [5.41, 5.74) is 0.212. The van der Waals surface area contributed by atoms with Crippen molar-refractivity contribution in [3.05, 3.63) is 78.1 Å². The summed E-state index contributed by atoms with van der Waals surface area (Å²) in [6, 6.07) is 19.3. The van der Waals surface area contributed by atoms with Gasteiger partial charge in [-0.1, -0.05) is 18.2 Å². The van der Waals surface area contributed by atoms with E-state index in [9.17, 15) is 14.0 Å². The van der Waals surface area contributed by atoms with Crippen LogP contribution in [0.3, 0.4) is 0 Å². The highest BCUT2D eigenvalue weighted by Gasteiger charge is 2.33. The van der Waals surface area contributed by atoms with E-state index in [0.717, 1.165) is 11.8 Å². The lowest BCUT2D eigenvalue weighted by molar-refractivity contribution is -0.118. The number of amides is 2. The fourth-order valence-corrected chi connectivity index (χ4v) is 3.72. The highest BCUT2D eigenvalue weighted by atomic mass is 19.1. The Balaban J connectivity index is 1.12. The molecule has 33 heavy (non-hydrogen) atoms. The van der Waals surface area contributed by atoms with Crippen molar-refractivity contribution in [2.75, 3.05) is 31.6 Å². The van der Waals surface area contributed by atoms with Crippen molar-refractivity contribution in [2.45, 2.75) is 0 Å². The van der Waals surface area contributed by atoms with E-state index in [1.54, 1.807) is 4.90 Å². The SMILES string of the molecule is O=C1COc2cc(F)c(C(=O)N3CC(COc4ccc(Oc5ccccc5)cc4)C3)cc2N1. The summed E-state index contributed by atoms with van der Waals surface area (Å²) in [7, 11) is 0. The van der Waals surface area contributed by atoms with E-state index in [1.807, 2.05) is 54.6 Å². The van der Waals surface area contributed by atoms with Crippen molar-refractivity contribution < 1.29 is 28.2 Å². The third kappa shape index (κ3) is 4.59. The van der Waals surface area contributed by atoms with E-state index in [0.29, 0.717) is 36.9 Å². The molecule has 2 aliphatic heterocycles. The molecular weight excluding hydrogens is 427 g/mol. The lowest BCUT2D eigenvalue weighted by atomic mass is 9.99. The predicted molar refractivity (Wildman–Crippen MR) is 118 cm³/mol. The van der Waals surface area contributed by atoms with Gasteiger partial charge in [0.15, 0.2) is 6.61 Å². The Hall–Kier alpha value is -4.07. The van der Waals surface area contributed by atoms with Gasteiger partial charge < -0.3 is 24.4 Å². The highest BCUT2D eigenvalue weighted by Crippen LogP contribution is 2.32. The van der Waals surface area contributed by atoms with Gasteiger partial charge >= 0.3 is 0 Å². The maximum absolute atomic E-state index is 14.4. The highest BCUT2D eigenvalue weighted by molar-refractivity contribution is 6.00. The fraction of sp³-hybridized carbons (Fsp3) is 0.200. The van der Waals surface area contributed by atoms with Gasteiger partial charge in [0.25, 0.3) is 11.8 Å². The number of benzene rings is 3. The zero-order valence-corrected chi connectivity index (χ0v) is 17.6. The standard InChI is InChI=1S/C25H21FN2O5/c26-21-11-23-22(27-24(29)15-32-23)10-20(21)25(30)28-12-16(13-28)14-31-17-6-8-19(9-7-17)33-18-4-2-1-3-5-18/h1-11,16H,12-15H2,(H,27,29). The van der Waals surface area contributed by atoms with Crippen molar-refractivity contribution in [2.24, 2.45) is 5.92 Å². The van der Waals surface area contributed by atoms with Crippen LogP contribution in [0.5, 0.6) is 23.0 Å². The van der Waals surface area contributed by atoms with E-state index in [4.69, 9.17) is 14.2 Å². The second-order valence-electron chi connectivity index (χ2n) is 7.94. The van der Waals surface area contributed by atoms with Gasteiger partial charge in [-0.05, 0) is 42.5 Å². The normalized spacial score (nSPS) is 15.1. The van der Waals surface area contributed by atoms with Crippen molar-refractivity contribution in [1.82, 2.24) is 4.90 Å². The van der Waals surface area contributed by atoms with Crippen LogP contribution in [-0.2, 0) is 4.79 Å². The molecule has 0 unspecified atom stereocenters. The zero-order valence-electron chi connectivity index (χ0n) is 17.6. The number of likely N-dealkylation sites (tertiary alicyclic amines) is 1. The van der Waals surface area contributed by atoms with E-state index in [2.05, 4.69) is 5.32 Å². The van der Waals surface area contributed by atoms with Crippen molar-refractivity contribution in [3.63, 3.8) is 0 Å². The Kier molecular flexibility index (Phi) is 5.56. The molecule has 2 aliphatic rings. The number of hydrogen-bond donors (Lipinski definition) is 1. The molecule has 3 aromatic carbocycles. The largest absolute Gasteiger partial charge is 0.493 e. The summed E-state index contributed by atoms with van der Waals surface area (Å²) in [6.45, 7) is 1.20. The number of nitrogens with one attached hydrogen (secondary N) is 1. The Morgan fingerprint density at radius 3 is 2.48 bits per heavy atom. The van der Waals surface area contributed by atoms with E-state index < -0.39 is 11.7 Å². The van der Waals surface area contributed by atoms with Crippen molar-refractivity contribution in [1.29, 1.82) is 0 Å². The van der Waals surface area contributed by atoms with Gasteiger partial charge in [0.2, 0.25) is 0 Å². The Morgan fingerprint density at radius 1 is 1.03 bits per heavy atom. The molecule has 168 valence electrons. The van der Waals surface area contributed by atoms with Crippen LogP contribution in [-0.4, -0.2) is 43.0 Å². The molecule has 7 nitrogen and oxygen atoms in total. The van der Waals surface area contributed by atoms with Crippen molar-refractivity contribution in [3.8, 4) is 23.0 Å². The first-order valence-corrected chi connectivity index (χ1v) is 10.6. The first-order chi connectivity index (χ1) is 16.0. The quantitative estimate of drug-likeness (QED) is 0.615. The second-order valence-corrected chi connectivity index (χ2v) is 7.94. The minimum atomic E-state index is -0.674. The third-order valence-electron chi connectivity index (χ3n) is 5.47. The van der Waals surface area contributed by atoms with Gasteiger partial charge in [0.1, 0.15) is 28.8 Å². The summed E-state index contributed by atoms with van der Waals surface area (Å²) in [5, 5.41) is 2.59. The molecule has 0 aliphatic carbocycles. The topological polar surface area (TPSA) is 77.1 Å². The molecular formula is C25H21FN2O5. The fourth-order valence-electron chi connectivity index (χ4n) is 3.72. The van der Waals surface area contributed by atoms with Crippen molar-refractivity contribution >= 4 is 17.5 Å². The first-order valence-electron chi connectivity index (χ1n) is 10.6. The van der Waals surface area contributed by atoms with Gasteiger partial charge in [-0.15, -0.1) is 0 Å². The van der Waals surface area contributed by atoms with Crippen LogP contribution in [0.1, 0.15) is 10.4 Å². The minimum Gasteiger partial charge on any atom is -0.493 e. The Bertz CT molecular complexity index is 1180. The number of fused-ring (bicyclic) bond motifs is 1. The van der Waals surface area contributed by atoms with E-state index >= 15 is 0 Å². The van der Waals surface area contributed by atoms with Crippen LogP contribution < -0.4 is 19.5 Å². The van der Waals surface area contributed by atoms with Crippen LogP contribution in [0, 0.1) is 11.7 Å². The number of anilines is 1. The third-order valence-corrected chi connectivity index (χ3v) is 5.47. The summed E-state index contributed by atoms with van der Waals surface area (Å²) in [4.78, 5) is 25.7. The number of rotatable bonds is 6. The Morgan fingerprint density at radius 2 is 1.73 bits per heavy atom. The molecule has 0 aromatic heterocycles. The number of ether oxygens (including phenoxy) is 3. The monoisotopic (exact) mass is 448 g/mol. The first kappa shape index (κ1) is 20.8. The van der Waals surface area contributed by atoms with Crippen LogP contribution in [0.2, 0.25) is 0 Å². The number of carbonyl (C=O) groups excluding carboxylic acids is 2. The number of carbonyl (C=O) groups is 2. The van der Waals surface area contributed by atoms with Gasteiger partial charge in [-0.2, -0.15) is 0 Å². The molecule has 8 heteroatoms. The lowest BCUT2D eigenvalue weighted by Gasteiger charge is -2.39. The smallest absolute Gasteiger partial charge is 0.262 e. The van der Waals surface area contributed by atoms with Gasteiger partial charge in [0.05, 0.1) is 17.9 Å². The van der Waals surface area contributed by atoms with Gasteiger partial charge in [-0.3, -0.25) is 9.59 Å². The number of para-hydroxylation sites is 1. The lowest BCUT2D eigenvalue weighted by Crippen LogP contribution is -2.52. The van der Waals surface area contributed by atoms with Gasteiger partial charge in [-0.25, -0.2) is 4.39 Å². The molecule has 1 N–H and O–H groups in total. The molecule has 1 saturated heterocycles. The zero-order chi connectivity index (χ0) is 22.8.